The Morgan fingerprint density at radius 3 is 2.77 bits per heavy atom. The first-order valence-electron chi connectivity index (χ1n) is 8.09. The Morgan fingerprint density at radius 1 is 1.32 bits per heavy atom. The third kappa shape index (κ3) is 2.05. The van der Waals surface area contributed by atoms with Gasteiger partial charge in [0.15, 0.2) is 0 Å². The first-order chi connectivity index (χ1) is 10.7. The van der Waals surface area contributed by atoms with Crippen molar-refractivity contribution in [2.75, 3.05) is 0 Å². The quantitative estimate of drug-likeness (QED) is 0.946. The van der Waals surface area contributed by atoms with Crippen LogP contribution >= 0.6 is 0 Å². The molecule has 22 heavy (non-hydrogen) atoms. The van der Waals surface area contributed by atoms with Crippen LogP contribution < -0.4 is 5.32 Å². The molecule has 1 saturated carbocycles. The molecular weight excluding hydrogens is 274 g/mol. The summed E-state index contributed by atoms with van der Waals surface area (Å²) in [6, 6.07) is 8.48. The summed E-state index contributed by atoms with van der Waals surface area (Å²) >= 11 is 0. The number of carbonyl (C=O) groups is 1. The number of rotatable bonds is 3. The van der Waals surface area contributed by atoms with E-state index < -0.39 is 0 Å². The minimum atomic E-state index is -0.159. The molecule has 1 aliphatic heterocycles. The summed E-state index contributed by atoms with van der Waals surface area (Å²) in [5.74, 6) is 1.16. The zero-order valence-electron chi connectivity index (χ0n) is 12.9. The second kappa shape index (κ2) is 4.97. The number of benzene rings is 1. The molecule has 1 aromatic heterocycles. The summed E-state index contributed by atoms with van der Waals surface area (Å²) in [5.41, 5.74) is 2.33. The van der Waals surface area contributed by atoms with Crippen LogP contribution in [0.15, 0.2) is 36.7 Å². The highest BCUT2D eigenvalue weighted by atomic mass is 16.2. The normalized spacial score (nSPS) is 22.0. The number of aromatic nitrogens is 2. The second-order valence-electron chi connectivity index (χ2n) is 6.60. The van der Waals surface area contributed by atoms with Crippen molar-refractivity contribution < 1.29 is 4.79 Å². The van der Waals surface area contributed by atoms with Crippen LogP contribution in [0.25, 0.3) is 0 Å². The molecule has 2 heterocycles. The summed E-state index contributed by atoms with van der Waals surface area (Å²) in [4.78, 5) is 17.1. The van der Waals surface area contributed by atoms with E-state index in [4.69, 9.17) is 0 Å². The Hall–Kier alpha value is -2.10. The summed E-state index contributed by atoms with van der Waals surface area (Å²) in [6.45, 7) is 2.09. The van der Waals surface area contributed by atoms with Crippen LogP contribution in [-0.4, -0.2) is 15.5 Å². The molecule has 4 nitrogen and oxygen atoms in total. The van der Waals surface area contributed by atoms with Crippen molar-refractivity contribution >= 4 is 5.91 Å². The molecule has 1 atom stereocenters. The van der Waals surface area contributed by atoms with E-state index >= 15 is 0 Å². The molecule has 1 aromatic carbocycles. The first kappa shape index (κ1) is 13.6. The van der Waals surface area contributed by atoms with Crippen molar-refractivity contribution in [1.29, 1.82) is 0 Å². The summed E-state index contributed by atoms with van der Waals surface area (Å²) in [7, 11) is 0. The van der Waals surface area contributed by atoms with Gasteiger partial charge in [0.1, 0.15) is 11.9 Å². The number of aryl methyl sites for hydroxylation is 2. The van der Waals surface area contributed by atoms with Gasteiger partial charge < -0.3 is 9.88 Å². The van der Waals surface area contributed by atoms with Crippen LogP contribution in [0.1, 0.15) is 48.7 Å². The fourth-order valence-electron chi connectivity index (χ4n) is 3.69. The van der Waals surface area contributed by atoms with E-state index in [1.165, 1.54) is 17.5 Å². The van der Waals surface area contributed by atoms with Crippen molar-refractivity contribution in [1.82, 2.24) is 14.9 Å². The molecule has 2 aromatic rings. The van der Waals surface area contributed by atoms with E-state index in [1.807, 2.05) is 10.8 Å². The van der Waals surface area contributed by atoms with Gasteiger partial charge in [-0.25, -0.2) is 4.98 Å². The van der Waals surface area contributed by atoms with E-state index in [0.29, 0.717) is 0 Å². The van der Waals surface area contributed by atoms with Crippen molar-refractivity contribution in [3.8, 4) is 0 Å². The zero-order valence-corrected chi connectivity index (χ0v) is 12.9. The molecular formula is C18H21N3O. The van der Waals surface area contributed by atoms with Gasteiger partial charge >= 0.3 is 0 Å². The minimum Gasteiger partial charge on any atom is -0.345 e. The summed E-state index contributed by atoms with van der Waals surface area (Å²) < 4.78 is 2.02. The molecule has 0 saturated heterocycles. The Kier molecular flexibility index (Phi) is 3.06. The Bertz CT molecular complexity index is 697. The van der Waals surface area contributed by atoms with Crippen molar-refractivity contribution in [2.45, 2.75) is 50.6 Å². The molecule has 4 rings (SSSR count). The lowest BCUT2D eigenvalue weighted by atomic mass is 9.71. The zero-order chi connectivity index (χ0) is 15.2. The summed E-state index contributed by atoms with van der Waals surface area (Å²) in [6.07, 6.45) is 8.70. The van der Waals surface area contributed by atoms with Gasteiger partial charge in [0.25, 0.3) is 0 Å². The number of hydrogen-bond donors (Lipinski definition) is 1. The van der Waals surface area contributed by atoms with Gasteiger partial charge in [-0.3, -0.25) is 4.79 Å². The SMILES string of the molecule is Cc1ccc(C2(NC(=O)C3CCc4nccn43)CCC2)cc1. The fourth-order valence-corrected chi connectivity index (χ4v) is 3.69. The average molecular weight is 295 g/mol. The molecule has 1 fully saturated rings. The number of hydrogen-bond acceptors (Lipinski definition) is 2. The summed E-state index contributed by atoms with van der Waals surface area (Å²) in [5, 5.41) is 3.35. The maximum Gasteiger partial charge on any atom is 0.243 e. The van der Waals surface area contributed by atoms with Crippen LogP contribution in [0.2, 0.25) is 0 Å². The van der Waals surface area contributed by atoms with Gasteiger partial charge in [0.05, 0.1) is 5.54 Å². The van der Waals surface area contributed by atoms with E-state index in [1.54, 1.807) is 6.20 Å². The number of imidazole rings is 1. The number of nitrogens with zero attached hydrogens (tertiary/aromatic N) is 2. The Balaban J connectivity index is 1.56. The van der Waals surface area contributed by atoms with Crippen molar-refractivity contribution in [2.24, 2.45) is 0 Å². The van der Waals surface area contributed by atoms with Crippen LogP contribution in [0, 0.1) is 6.92 Å². The van der Waals surface area contributed by atoms with Crippen molar-refractivity contribution in [3.63, 3.8) is 0 Å². The van der Waals surface area contributed by atoms with Crippen LogP contribution in [0.5, 0.6) is 0 Å². The molecule has 114 valence electrons. The first-order valence-corrected chi connectivity index (χ1v) is 8.09. The van der Waals surface area contributed by atoms with Gasteiger partial charge in [-0.2, -0.15) is 0 Å². The van der Waals surface area contributed by atoms with Crippen LogP contribution in [0.4, 0.5) is 0 Å². The molecule has 0 spiro atoms. The van der Waals surface area contributed by atoms with Gasteiger partial charge in [0.2, 0.25) is 5.91 Å². The van der Waals surface area contributed by atoms with E-state index in [-0.39, 0.29) is 17.5 Å². The monoisotopic (exact) mass is 295 g/mol. The maximum atomic E-state index is 12.8. The number of nitrogens with one attached hydrogen (secondary N) is 1. The highest BCUT2D eigenvalue weighted by Gasteiger charge is 2.42. The van der Waals surface area contributed by atoms with E-state index in [0.717, 1.165) is 31.5 Å². The molecule has 1 amide bonds. The highest BCUT2D eigenvalue weighted by molar-refractivity contribution is 5.82. The lowest BCUT2D eigenvalue weighted by Crippen LogP contribution is -2.52. The average Bonchev–Trinajstić information content (AvgIpc) is 3.06. The third-order valence-electron chi connectivity index (χ3n) is 5.20. The highest BCUT2D eigenvalue weighted by Crippen LogP contribution is 2.42. The molecule has 4 heteroatoms. The van der Waals surface area contributed by atoms with Crippen molar-refractivity contribution in [3.05, 3.63) is 53.6 Å². The van der Waals surface area contributed by atoms with E-state index in [2.05, 4.69) is 41.5 Å². The molecule has 0 radical (unpaired) electrons. The lowest BCUT2D eigenvalue weighted by molar-refractivity contribution is -0.127. The molecule has 1 aliphatic carbocycles. The fraction of sp³-hybridized carbons (Fsp3) is 0.444. The standard InChI is InChI=1S/C18H21N3O/c1-13-3-5-14(6-4-13)18(9-2-10-18)20-17(22)15-7-8-16-19-11-12-21(15)16/h3-6,11-12,15H,2,7-10H2,1H3,(H,20,22). The number of carbonyl (C=O) groups excluding carboxylic acids is 1. The lowest BCUT2D eigenvalue weighted by Gasteiger charge is -2.43. The maximum absolute atomic E-state index is 12.8. The third-order valence-corrected chi connectivity index (χ3v) is 5.20. The predicted octanol–water partition coefficient (Wildman–Crippen LogP) is 2.87. The van der Waals surface area contributed by atoms with E-state index in [9.17, 15) is 4.79 Å². The topological polar surface area (TPSA) is 46.9 Å². The number of fused-ring (bicyclic) bond motifs is 1. The van der Waals surface area contributed by atoms with Crippen LogP contribution in [-0.2, 0) is 16.8 Å². The van der Waals surface area contributed by atoms with Gasteiger partial charge in [-0.15, -0.1) is 0 Å². The molecule has 1 unspecified atom stereocenters. The van der Waals surface area contributed by atoms with Crippen LogP contribution in [0.3, 0.4) is 0 Å². The second-order valence-corrected chi connectivity index (χ2v) is 6.60. The predicted molar refractivity (Wildman–Crippen MR) is 84.4 cm³/mol. The minimum absolute atomic E-state index is 0.0968. The Labute approximate surface area is 130 Å². The smallest absolute Gasteiger partial charge is 0.243 e. The number of amides is 1. The Morgan fingerprint density at radius 2 is 2.09 bits per heavy atom. The molecule has 1 N–H and O–H groups in total. The van der Waals surface area contributed by atoms with Gasteiger partial charge in [0, 0.05) is 18.8 Å². The molecule has 2 aliphatic rings. The molecule has 0 bridgehead atoms. The van der Waals surface area contributed by atoms with Gasteiger partial charge in [-0.1, -0.05) is 29.8 Å². The largest absolute Gasteiger partial charge is 0.345 e. The van der Waals surface area contributed by atoms with Gasteiger partial charge in [-0.05, 0) is 38.2 Å².